The van der Waals surface area contributed by atoms with Gasteiger partial charge in [-0.2, -0.15) is 4.39 Å². The maximum absolute atomic E-state index is 13.6. The van der Waals surface area contributed by atoms with Crippen LogP contribution < -0.4 is 4.90 Å². The van der Waals surface area contributed by atoms with Gasteiger partial charge in [0.15, 0.2) is 0 Å². The van der Waals surface area contributed by atoms with E-state index in [1.807, 2.05) is 0 Å². The number of halogens is 2. The lowest BCUT2D eigenvalue weighted by molar-refractivity contribution is -0.386. The van der Waals surface area contributed by atoms with Crippen LogP contribution >= 0.6 is 0 Å². The van der Waals surface area contributed by atoms with Crippen molar-refractivity contribution in [1.29, 1.82) is 0 Å². The predicted octanol–water partition coefficient (Wildman–Crippen LogP) is 2.26. The summed E-state index contributed by atoms with van der Waals surface area (Å²) in [6.07, 6.45) is 0. The fourth-order valence-corrected chi connectivity index (χ4v) is 1.70. The van der Waals surface area contributed by atoms with Crippen LogP contribution in [0.2, 0.25) is 0 Å². The number of carbonyl (C=O) groups is 1. The van der Waals surface area contributed by atoms with Gasteiger partial charge in [0.1, 0.15) is 18.0 Å². The van der Waals surface area contributed by atoms with Crippen molar-refractivity contribution in [2.45, 2.75) is 19.9 Å². The summed E-state index contributed by atoms with van der Waals surface area (Å²) in [5.74, 6) is -2.92. The molecule has 0 bridgehead atoms. The van der Waals surface area contributed by atoms with Crippen LogP contribution in [0.1, 0.15) is 13.8 Å². The lowest BCUT2D eigenvalue weighted by Crippen LogP contribution is -2.36. The van der Waals surface area contributed by atoms with Crippen molar-refractivity contribution in [1.82, 2.24) is 0 Å². The smallest absolute Gasteiger partial charge is 0.328 e. The first kappa shape index (κ1) is 15.8. The van der Waals surface area contributed by atoms with Gasteiger partial charge in [0.2, 0.25) is 5.82 Å². The lowest BCUT2D eigenvalue weighted by Gasteiger charge is -2.27. The number of hydrogen-bond donors (Lipinski definition) is 0. The van der Waals surface area contributed by atoms with E-state index in [2.05, 4.69) is 4.74 Å². The maximum Gasteiger partial charge on any atom is 0.328 e. The molecule has 1 aromatic rings. The molecule has 20 heavy (non-hydrogen) atoms. The summed E-state index contributed by atoms with van der Waals surface area (Å²) in [5, 5.41) is 10.9. The minimum Gasteiger partial charge on any atom is -0.468 e. The third kappa shape index (κ3) is 3.40. The molecule has 6 nitrogen and oxygen atoms in total. The number of benzene rings is 1. The monoisotopic (exact) mass is 288 g/mol. The van der Waals surface area contributed by atoms with Gasteiger partial charge in [0.25, 0.3) is 0 Å². The van der Waals surface area contributed by atoms with Crippen molar-refractivity contribution in [2.75, 3.05) is 18.6 Å². The van der Waals surface area contributed by atoms with Gasteiger partial charge in [-0.3, -0.25) is 14.9 Å². The Hall–Kier alpha value is -2.25. The third-order valence-corrected chi connectivity index (χ3v) is 2.65. The molecule has 8 heteroatoms. The van der Waals surface area contributed by atoms with Gasteiger partial charge < -0.3 is 9.64 Å². The molecule has 0 saturated heterocycles. The van der Waals surface area contributed by atoms with Crippen LogP contribution in [0.3, 0.4) is 0 Å². The number of carbonyl (C=O) groups excluding carboxylic acids is 1. The Bertz CT molecular complexity index is 534. The van der Waals surface area contributed by atoms with Crippen LogP contribution in [0.4, 0.5) is 20.2 Å². The second-order valence-electron chi connectivity index (χ2n) is 4.31. The molecule has 0 unspecified atom stereocenters. The molecule has 1 aromatic carbocycles. The molecule has 0 saturated carbocycles. The van der Waals surface area contributed by atoms with Crippen molar-refractivity contribution in [3.8, 4) is 0 Å². The number of rotatable bonds is 5. The summed E-state index contributed by atoms with van der Waals surface area (Å²) in [6, 6.07) is 0.858. The van der Waals surface area contributed by atoms with Crippen molar-refractivity contribution in [3.63, 3.8) is 0 Å². The van der Waals surface area contributed by atoms with Gasteiger partial charge in [-0.25, -0.2) is 4.39 Å². The van der Waals surface area contributed by atoms with Crippen molar-refractivity contribution >= 4 is 17.3 Å². The van der Waals surface area contributed by atoms with Crippen LogP contribution in [0.25, 0.3) is 0 Å². The van der Waals surface area contributed by atoms with Gasteiger partial charge in [-0.05, 0) is 13.8 Å². The molecular formula is C12H14F2N2O4. The largest absolute Gasteiger partial charge is 0.468 e. The van der Waals surface area contributed by atoms with E-state index >= 15 is 0 Å². The molecular weight excluding hydrogens is 274 g/mol. The SMILES string of the molecule is COC(=O)CN(c1cc(F)cc(F)c1[N+](=O)[O-])C(C)C. The number of nitro benzene ring substituents is 1. The quantitative estimate of drug-likeness (QED) is 0.472. The first-order chi connectivity index (χ1) is 9.27. The van der Waals surface area contributed by atoms with E-state index in [9.17, 15) is 23.7 Å². The van der Waals surface area contributed by atoms with E-state index in [1.54, 1.807) is 13.8 Å². The lowest BCUT2D eigenvalue weighted by atomic mass is 10.2. The number of methoxy groups -OCH3 is 1. The van der Waals surface area contributed by atoms with Gasteiger partial charge in [0, 0.05) is 18.2 Å². The maximum atomic E-state index is 13.6. The highest BCUT2D eigenvalue weighted by Gasteiger charge is 2.28. The first-order valence-corrected chi connectivity index (χ1v) is 5.74. The van der Waals surface area contributed by atoms with Gasteiger partial charge in [0.05, 0.1) is 12.0 Å². The van der Waals surface area contributed by atoms with Gasteiger partial charge in [-0.15, -0.1) is 0 Å². The molecule has 0 aliphatic heterocycles. The number of anilines is 1. The van der Waals surface area contributed by atoms with Gasteiger partial charge in [-0.1, -0.05) is 0 Å². The summed E-state index contributed by atoms with van der Waals surface area (Å²) in [6.45, 7) is 2.92. The standard InChI is InChI=1S/C12H14F2N2O4/c1-7(2)15(6-11(17)20-3)10-5-8(13)4-9(14)12(10)16(18)19/h4-5,7H,6H2,1-3H3. The highest BCUT2D eigenvalue weighted by Crippen LogP contribution is 2.33. The molecule has 0 aliphatic rings. The second kappa shape index (κ2) is 6.27. The second-order valence-corrected chi connectivity index (χ2v) is 4.31. The molecule has 0 aliphatic carbocycles. The summed E-state index contributed by atoms with van der Waals surface area (Å²) < 4.78 is 31.4. The van der Waals surface area contributed by atoms with E-state index in [0.717, 1.165) is 13.2 Å². The van der Waals surface area contributed by atoms with Crippen LogP contribution in [0.5, 0.6) is 0 Å². The van der Waals surface area contributed by atoms with Crippen molar-refractivity contribution in [3.05, 3.63) is 33.9 Å². The summed E-state index contributed by atoms with van der Waals surface area (Å²) >= 11 is 0. The van der Waals surface area contributed by atoms with Crippen molar-refractivity contribution in [2.24, 2.45) is 0 Å². The predicted molar refractivity (Wildman–Crippen MR) is 67.5 cm³/mol. The highest BCUT2D eigenvalue weighted by atomic mass is 19.1. The topological polar surface area (TPSA) is 72.7 Å². The summed E-state index contributed by atoms with van der Waals surface area (Å²) in [7, 11) is 1.15. The normalized spacial score (nSPS) is 10.5. The first-order valence-electron chi connectivity index (χ1n) is 5.74. The highest BCUT2D eigenvalue weighted by molar-refractivity contribution is 5.78. The molecule has 0 N–H and O–H groups in total. The zero-order valence-electron chi connectivity index (χ0n) is 11.2. The number of ether oxygens (including phenoxy) is 1. The fourth-order valence-electron chi connectivity index (χ4n) is 1.70. The number of esters is 1. The average molecular weight is 288 g/mol. The number of nitrogens with zero attached hydrogens (tertiary/aromatic N) is 2. The van der Waals surface area contributed by atoms with Crippen LogP contribution in [-0.4, -0.2) is 30.6 Å². The minimum atomic E-state index is -1.29. The molecule has 0 amide bonds. The molecule has 1 rings (SSSR count). The Kier molecular flexibility index (Phi) is 4.95. The van der Waals surface area contributed by atoms with Crippen LogP contribution in [-0.2, 0) is 9.53 Å². The molecule has 0 atom stereocenters. The Morgan fingerprint density at radius 2 is 2.05 bits per heavy atom. The average Bonchev–Trinajstić information content (AvgIpc) is 2.33. The fraction of sp³-hybridized carbons (Fsp3) is 0.417. The van der Waals surface area contributed by atoms with E-state index in [4.69, 9.17) is 0 Å². The Morgan fingerprint density at radius 1 is 1.45 bits per heavy atom. The number of nitro groups is 1. The van der Waals surface area contributed by atoms with Gasteiger partial charge >= 0.3 is 11.7 Å². The third-order valence-electron chi connectivity index (χ3n) is 2.65. The van der Waals surface area contributed by atoms with Crippen LogP contribution in [0.15, 0.2) is 12.1 Å². The minimum absolute atomic E-state index is 0.298. The molecule has 110 valence electrons. The Labute approximate surface area is 114 Å². The molecule has 0 radical (unpaired) electrons. The summed E-state index contributed by atoms with van der Waals surface area (Å²) in [4.78, 5) is 22.5. The van der Waals surface area contributed by atoms with E-state index in [-0.39, 0.29) is 12.2 Å². The molecule has 0 fully saturated rings. The zero-order valence-corrected chi connectivity index (χ0v) is 11.2. The van der Waals surface area contributed by atoms with E-state index in [0.29, 0.717) is 6.07 Å². The molecule has 0 spiro atoms. The molecule has 0 aromatic heterocycles. The molecule has 0 heterocycles. The Balaban J connectivity index is 3.38. The van der Waals surface area contributed by atoms with Crippen LogP contribution in [0, 0.1) is 21.7 Å². The Morgan fingerprint density at radius 3 is 2.50 bits per heavy atom. The van der Waals surface area contributed by atoms with E-state index < -0.39 is 34.3 Å². The van der Waals surface area contributed by atoms with E-state index in [1.165, 1.54) is 4.90 Å². The summed E-state index contributed by atoms with van der Waals surface area (Å²) in [5.41, 5.74) is -1.17. The zero-order chi connectivity index (χ0) is 15.4. The van der Waals surface area contributed by atoms with Crippen molar-refractivity contribution < 1.29 is 23.2 Å². The number of hydrogen-bond acceptors (Lipinski definition) is 5.